The van der Waals surface area contributed by atoms with Gasteiger partial charge in [0.25, 0.3) is 5.91 Å². The van der Waals surface area contributed by atoms with Crippen molar-refractivity contribution in [3.8, 4) is 11.5 Å². The average molecular weight is 636 g/mol. The van der Waals surface area contributed by atoms with Gasteiger partial charge in [-0.2, -0.15) is 0 Å². The number of halogens is 2. The molecule has 3 fully saturated rings. The van der Waals surface area contributed by atoms with Gasteiger partial charge in [0.05, 0.1) is 5.56 Å². The molecule has 38 heavy (non-hydrogen) atoms. The van der Waals surface area contributed by atoms with E-state index in [-0.39, 0.29) is 30.0 Å². The Hall–Kier alpha value is -2.24. The second-order valence-corrected chi connectivity index (χ2v) is 12.0. The highest BCUT2D eigenvalue weighted by atomic mass is 127. The number of hydrogen-bond donors (Lipinski definition) is 1. The first-order chi connectivity index (χ1) is 18.4. The Morgan fingerprint density at radius 2 is 1.84 bits per heavy atom. The summed E-state index contributed by atoms with van der Waals surface area (Å²) in [6.07, 6.45) is 4.28. The Kier molecular flexibility index (Phi) is 8.84. The van der Waals surface area contributed by atoms with E-state index in [1.54, 1.807) is 4.90 Å². The summed E-state index contributed by atoms with van der Waals surface area (Å²) in [5.74, 6) is 0.247. The monoisotopic (exact) mass is 635 g/mol. The van der Waals surface area contributed by atoms with E-state index in [1.807, 2.05) is 31.2 Å². The Morgan fingerprint density at radius 1 is 1.13 bits per heavy atom. The normalized spacial score (nSPS) is 21.6. The highest BCUT2D eigenvalue weighted by Gasteiger charge is 2.30. The Morgan fingerprint density at radius 3 is 2.50 bits per heavy atom. The minimum Gasteiger partial charge on any atom is -0.457 e. The molecule has 0 spiro atoms. The van der Waals surface area contributed by atoms with Crippen LogP contribution < -0.4 is 10.1 Å². The zero-order valence-electron chi connectivity index (χ0n) is 21.8. The largest absolute Gasteiger partial charge is 0.457 e. The molecule has 0 aromatic heterocycles. The molecule has 0 bridgehead atoms. The van der Waals surface area contributed by atoms with E-state index in [0.717, 1.165) is 55.6 Å². The Bertz CT molecular complexity index is 1150. The molecular weight excluding hydrogens is 600 g/mol. The first kappa shape index (κ1) is 27.3. The van der Waals surface area contributed by atoms with Crippen molar-refractivity contribution in [3.63, 3.8) is 0 Å². The molecular formula is C29H35FIN3O4. The number of carbonyl (C=O) groups excluding carboxylic acids is 2. The van der Waals surface area contributed by atoms with Crippen LogP contribution in [0.4, 0.5) is 4.39 Å². The number of amides is 2. The smallest absolute Gasteiger partial charge is 0.254 e. The summed E-state index contributed by atoms with van der Waals surface area (Å²) >= 11 is 2.22. The maximum absolute atomic E-state index is 15.3. The molecule has 0 aliphatic carbocycles. The van der Waals surface area contributed by atoms with Crippen LogP contribution in [0.1, 0.15) is 54.9 Å². The molecule has 3 heterocycles. The fourth-order valence-corrected chi connectivity index (χ4v) is 6.03. The van der Waals surface area contributed by atoms with Gasteiger partial charge in [-0.15, -0.1) is 0 Å². The van der Waals surface area contributed by atoms with Crippen molar-refractivity contribution in [2.75, 3.05) is 32.8 Å². The lowest BCUT2D eigenvalue weighted by Gasteiger charge is -2.39. The van der Waals surface area contributed by atoms with Gasteiger partial charge in [0.1, 0.15) is 17.3 Å². The van der Waals surface area contributed by atoms with Gasteiger partial charge in [0, 0.05) is 67.0 Å². The number of piperidine rings is 1. The van der Waals surface area contributed by atoms with Crippen LogP contribution in [0.25, 0.3) is 0 Å². The predicted octanol–water partition coefficient (Wildman–Crippen LogP) is 4.96. The molecule has 2 aromatic carbocycles. The van der Waals surface area contributed by atoms with Gasteiger partial charge < -0.3 is 24.6 Å². The third kappa shape index (κ3) is 6.66. The molecule has 3 aliphatic heterocycles. The molecule has 1 atom stereocenters. The van der Waals surface area contributed by atoms with Crippen LogP contribution in [0, 0.1) is 15.3 Å². The van der Waals surface area contributed by atoms with E-state index in [2.05, 4.69) is 32.8 Å². The fraction of sp³-hybridized carbons (Fsp3) is 0.517. The van der Waals surface area contributed by atoms with Crippen molar-refractivity contribution in [1.82, 2.24) is 15.1 Å². The van der Waals surface area contributed by atoms with Gasteiger partial charge in [-0.25, -0.2) is 4.39 Å². The zero-order chi connectivity index (χ0) is 26.6. The number of ether oxygens (including phenoxy) is 2. The van der Waals surface area contributed by atoms with Crippen LogP contribution >= 0.6 is 22.6 Å². The zero-order valence-corrected chi connectivity index (χ0v) is 23.9. The minimum absolute atomic E-state index is 0.00180. The lowest BCUT2D eigenvalue weighted by Crippen LogP contribution is -2.49. The third-order valence-corrected chi connectivity index (χ3v) is 8.50. The lowest BCUT2D eigenvalue weighted by atomic mass is 9.99. The summed E-state index contributed by atoms with van der Waals surface area (Å²) < 4.78 is 28.0. The van der Waals surface area contributed by atoms with Gasteiger partial charge in [0.2, 0.25) is 5.91 Å². The van der Waals surface area contributed by atoms with Crippen molar-refractivity contribution in [2.24, 2.45) is 5.92 Å². The molecule has 2 amide bonds. The number of carbonyl (C=O) groups is 2. The maximum Gasteiger partial charge on any atom is 0.254 e. The van der Waals surface area contributed by atoms with Gasteiger partial charge in [0.15, 0.2) is 0 Å². The summed E-state index contributed by atoms with van der Waals surface area (Å²) in [6.45, 7) is 6.36. The topological polar surface area (TPSA) is 71.1 Å². The molecule has 1 N–H and O–H groups in total. The summed E-state index contributed by atoms with van der Waals surface area (Å²) in [7, 11) is 0. The molecule has 3 saturated heterocycles. The lowest BCUT2D eigenvalue weighted by molar-refractivity contribution is -0.128. The second-order valence-electron chi connectivity index (χ2n) is 10.7. The number of benzene rings is 2. The molecule has 0 unspecified atom stereocenters. The first-order valence-electron chi connectivity index (χ1n) is 13.5. The average Bonchev–Trinajstić information content (AvgIpc) is 3.23. The summed E-state index contributed by atoms with van der Waals surface area (Å²) in [4.78, 5) is 29.9. The molecule has 9 heteroatoms. The molecule has 0 saturated carbocycles. The highest BCUT2D eigenvalue weighted by molar-refractivity contribution is 14.1. The molecule has 5 rings (SSSR count). The minimum atomic E-state index is -0.605. The van der Waals surface area contributed by atoms with E-state index in [0.29, 0.717) is 36.1 Å². The van der Waals surface area contributed by atoms with E-state index >= 15 is 4.39 Å². The SMILES string of the molecule is C[C@H]1CC(=O)N(Cc2cc(F)c(C(=O)NC3CCN(C4CCOCC4)CC3)cc2Oc2ccc(I)cc2)C1. The van der Waals surface area contributed by atoms with Crippen molar-refractivity contribution in [1.29, 1.82) is 0 Å². The van der Waals surface area contributed by atoms with Gasteiger partial charge in [-0.05, 0) is 90.6 Å². The van der Waals surface area contributed by atoms with Crippen LogP contribution in [0.3, 0.4) is 0 Å². The molecule has 0 radical (unpaired) electrons. The number of hydrogen-bond acceptors (Lipinski definition) is 5. The van der Waals surface area contributed by atoms with Gasteiger partial charge in [-0.3, -0.25) is 9.59 Å². The quantitative estimate of drug-likeness (QED) is 0.436. The number of nitrogens with zero attached hydrogens (tertiary/aromatic N) is 2. The summed E-state index contributed by atoms with van der Waals surface area (Å²) in [5, 5.41) is 3.05. The first-order valence-corrected chi connectivity index (χ1v) is 14.6. The van der Waals surface area contributed by atoms with Crippen molar-refractivity contribution >= 4 is 34.4 Å². The molecule has 2 aromatic rings. The van der Waals surface area contributed by atoms with Crippen molar-refractivity contribution in [2.45, 2.75) is 57.7 Å². The van der Waals surface area contributed by atoms with Gasteiger partial charge in [-0.1, -0.05) is 6.92 Å². The standard InChI is InChI=1S/C29H35FIN3O4/c1-19-14-28(35)34(17-19)18-20-15-26(30)25(16-27(20)38-24-4-2-21(31)3-5-24)29(36)32-22-6-10-33(11-7-22)23-8-12-37-13-9-23/h2-5,15-16,19,22-23H,6-14,17-18H2,1H3,(H,32,36)/t19-/m0/s1. The number of rotatable bonds is 7. The van der Waals surface area contributed by atoms with Crippen LogP contribution in [0.5, 0.6) is 11.5 Å². The van der Waals surface area contributed by atoms with Crippen LogP contribution in [0.2, 0.25) is 0 Å². The third-order valence-electron chi connectivity index (χ3n) is 7.78. The Balaban J connectivity index is 1.30. The summed E-state index contributed by atoms with van der Waals surface area (Å²) in [6, 6.07) is 10.9. The van der Waals surface area contributed by atoms with Crippen LogP contribution in [-0.4, -0.2) is 66.5 Å². The van der Waals surface area contributed by atoms with Gasteiger partial charge >= 0.3 is 0 Å². The highest BCUT2D eigenvalue weighted by Crippen LogP contribution is 2.32. The van der Waals surface area contributed by atoms with Crippen molar-refractivity contribution in [3.05, 3.63) is 56.9 Å². The maximum atomic E-state index is 15.3. The predicted molar refractivity (Wildman–Crippen MR) is 151 cm³/mol. The van der Waals surface area contributed by atoms with Crippen LogP contribution in [-0.2, 0) is 16.1 Å². The summed E-state index contributed by atoms with van der Waals surface area (Å²) in [5.41, 5.74) is 0.507. The van der Waals surface area contributed by atoms with E-state index < -0.39 is 11.7 Å². The second kappa shape index (κ2) is 12.3. The van der Waals surface area contributed by atoms with E-state index in [9.17, 15) is 9.59 Å². The Labute approximate surface area is 237 Å². The molecule has 3 aliphatic rings. The molecule has 7 nitrogen and oxygen atoms in total. The van der Waals surface area contributed by atoms with E-state index in [1.165, 1.54) is 12.1 Å². The van der Waals surface area contributed by atoms with Crippen LogP contribution in [0.15, 0.2) is 36.4 Å². The van der Waals surface area contributed by atoms with Crippen molar-refractivity contribution < 1.29 is 23.5 Å². The number of nitrogens with one attached hydrogen (secondary N) is 1. The number of likely N-dealkylation sites (tertiary alicyclic amines) is 2. The molecule has 204 valence electrons. The fourth-order valence-electron chi connectivity index (χ4n) is 5.67. The van der Waals surface area contributed by atoms with E-state index in [4.69, 9.17) is 9.47 Å².